The molecule has 0 aliphatic carbocycles. The van der Waals surface area contributed by atoms with Crippen LogP contribution in [0.5, 0.6) is 0 Å². The predicted octanol–water partition coefficient (Wildman–Crippen LogP) is 1.98. The molecule has 62 valence electrons. The first-order valence-corrected chi connectivity index (χ1v) is 3.51. The smallest absolute Gasteiger partial charge is 0.187 e. The highest BCUT2D eigenvalue weighted by atomic mass is 19.1. The van der Waals surface area contributed by atoms with E-state index in [2.05, 4.69) is 4.98 Å². The Bertz CT molecular complexity index is 320. The third-order valence-corrected chi connectivity index (χ3v) is 1.31. The summed E-state index contributed by atoms with van der Waals surface area (Å²) in [4.78, 5) is 14.7. The van der Waals surface area contributed by atoms with Gasteiger partial charge >= 0.3 is 0 Å². The Labute approximate surface area is 69.7 Å². The van der Waals surface area contributed by atoms with Crippen molar-refractivity contribution in [2.24, 2.45) is 0 Å². The minimum absolute atomic E-state index is 0.232. The Morgan fingerprint density at radius 1 is 1.58 bits per heavy atom. The van der Waals surface area contributed by atoms with Crippen LogP contribution in [0.1, 0.15) is 17.3 Å². The van der Waals surface area contributed by atoms with Crippen molar-refractivity contribution in [3.8, 4) is 0 Å². The fraction of sp³-hybridized carbons (Fsp3) is 0.111. The van der Waals surface area contributed by atoms with Gasteiger partial charge in [-0.15, -0.1) is 0 Å². The maximum atomic E-state index is 12.5. The Hall–Kier alpha value is -1.51. The van der Waals surface area contributed by atoms with Crippen LogP contribution in [0.4, 0.5) is 4.39 Å². The van der Waals surface area contributed by atoms with Crippen LogP contribution >= 0.6 is 0 Å². The minimum Gasteiger partial charge on any atom is -0.289 e. The average Bonchev–Trinajstić information content (AvgIpc) is 2.05. The average molecular weight is 165 g/mol. The van der Waals surface area contributed by atoms with Gasteiger partial charge in [0.2, 0.25) is 0 Å². The monoisotopic (exact) mass is 165 g/mol. The molecule has 0 atom stereocenters. The number of halogens is 1. The molecule has 0 aliphatic rings. The lowest BCUT2D eigenvalue weighted by Crippen LogP contribution is -1.95. The summed E-state index contributed by atoms with van der Waals surface area (Å²) >= 11 is 0. The Morgan fingerprint density at radius 3 is 2.92 bits per heavy atom. The lowest BCUT2D eigenvalue weighted by atomic mass is 10.2. The van der Waals surface area contributed by atoms with Gasteiger partial charge in [0.05, 0.1) is 6.20 Å². The number of aromatic nitrogens is 1. The van der Waals surface area contributed by atoms with Gasteiger partial charge in [0, 0.05) is 11.8 Å². The van der Waals surface area contributed by atoms with Gasteiger partial charge in [0.15, 0.2) is 5.78 Å². The van der Waals surface area contributed by atoms with Crippen molar-refractivity contribution >= 4 is 5.78 Å². The molecule has 1 rings (SSSR count). The van der Waals surface area contributed by atoms with E-state index in [1.807, 2.05) is 0 Å². The summed E-state index contributed by atoms with van der Waals surface area (Å²) in [5.41, 5.74) is 0.271. The number of carbonyl (C=O) groups excluding carboxylic acids is 1. The molecular weight excluding hydrogens is 157 g/mol. The van der Waals surface area contributed by atoms with Crippen LogP contribution < -0.4 is 0 Å². The molecule has 0 radical (unpaired) electrons. The van der Waals surface area contributed by atoms with Crippen LogP contribution in [-0.4, -0.2) is 10.8 Å². The molecule has 0 aliphatic heterocycles. The number of ketones is 1. The summed E-state index contributed by atoms with van der Waals surface area (Å²) in [5, 5.41) is 0. The van der Waals surface area contributed by atoms with Crippen molar-refractivity contribution in [2.45, 2.75) is 6.92 Å². The summed E-state index contributed by atoms with van der Waals surface area (Å²) in [6.07, 6.45) is 5.38. The molecule has 12 heavy (non-hydrogen) atoms. The number of pyridine rings is 1. The van der Waals surface area contributed by atoms with E-state index in [9.17, 15) is 9.18 Å². The standard InChI is InChI=1S/C9H8FNO/c1-2-3-9(12)7-4-8(10)6-11-5-7/h2-6H,1H3/b3-2+. The summed E-state index contributed by atoms with van der Waals surface area (Å²) in [6, 6.07) is 1.16. The zero-order valence-electron chi connectivity index (χ0n) is 6.62. The highest BCUT2D eigenvalue weighted by Crippen LogP contribution is 2.02. The quantitative estimate of drug-likeness (QED) is 0.495. The van der Waals surface area contributed by atoms with Crippen molar-refractivity contribution in [2.75, 3.05) is 0 Å². The Morgan fingerprint density at radius 2 is 2.33 bits per heavy atom. The number of rotatable bonds is 2. The molecule has 0 unspecified atom stereocenters. The maximum Gasteiger partial charge on any atom is 0.187 e. The Kier molecular flexibility index (Phi) is 2.69. The van der Waals surface area contributed by atoms with E-state index in [0.717, 1.165) is 12.3 Å². The summed E-state index contributed by atoms with van der Waals surface area (Å²) in [7, 11) is 0. The zero-order chi connectivity index (χ0) is 8.97. The van der Waals surface area contributed by atoms with E-state index in [4.69, 9.17) is 0 Å². The van der Waals surface area contributed by atoms with Gasteiger partial charge in [-0.25, -0.2) is 4.39 Å². The highest BCUT2D eigenvalue weighted by Gasteiger charge is 2.01. The van der Waals surface area contributed by atoms with Gasteiger partial charge in [0.25, 0.3) is 0 Å². The Balaban J connectivity index is 2.96. The second-order valence-electron chi connectivity index (χ2n) is 2.26. The number of nitrogens with zero attached hydrogens (tertiary/aromatic N) is 1. The van der Waals surface area contributed by atoms with Crippen molar-refractivity contribution in [3.05, 3.63) is 42.0 Å². The van der Waals surface area contributed by atoms with Crippen molar-refractivity contribution in [3.63, 3.8) is 0 Å². The molecule has 1 aromatic heterocycles. The maximum absolute atomic E-state index is 12.5. The normalized spacial score (nSPS) is 10.5. The highest BCUT2D eigenvalue weighted by molar-refractivity contribution is 6.04. The molecule has 2 nitrogen and oxygen atoms in total. The molecule has 0 saturated heterocycles. The number of carbonyl (C=O) groups is 1. The SMILES string of the molecule is C/C=C/C(=O)c1cncc(F)c1. The van der Waals surface area contributed by atoms with Gasteiger partial charge in [-0.1, -0.05) is 6.08 Å². The van der Waals surface area contributed by atoms with Gasteiger partial charge in [0.1, 0.15) is 5.82 Å². The molecule has 0 fully saturated rings. The molecule has 1 heterocycles. The zero-order valence-corrected chi connectivity index (χ0v) is 6.62. The lowest BCUT2D eigenvalue weighted by molar-refractivity contribution is 0.104. The minimum atomic E-state index is -0.495. The van der Waals surface area contributed by atoms with Crippen molar-refractivity contribution in [1.82, 2.24) is 4.98 Å². The molecule has 0 saturated carbocycles. The lowest BCUT2D eigenvalue weighted by Gasteiger charge is -1.93. The molecule has 3 heteroatoms. The van der Waals surface area contributed by atoms with Crippen molar-refractivity contribution < 1.29 is 9.18 Å². The third-order valence-electron chi connectivity index (χ3n) is 1.31. The fourth-order valence-electron chi connectivity index (χ4n) is 0.794. The molecule has 0 N–H and O–H groups in total. The summed E-state index contributed by atoms with van der Waals surface area (Å²) in [5.74, 6) is -0.727. The third kappa shape index (κ3) is 1.99. The molecule has 1 aromatic rings. The van der Waals surface area contributed by atoms with Crippen LogP contribution in [0.25, 0.3) is 0 Å². The summed E-state index contributed by atoms with van der Waals surface area (Å²) < 4.78 is 12.5. The van der Waals surface area contributed by atoms with Crippen LogP contribution in [0.3, 0.4) is 0 Å². The number of hydrogen-bond acceptors (Lipinski definition) is 2. The molecule has 0 amide bonds. The number of hydrogen-bond donors (Lipinski definition) is 0. The molecule has 0 aromatic carbocycles. The predicted molar refractivity (Wildman–Crippen MR) is 43.3 cm³/mol. The second kappa shape index (κ2) is 3.76. The van der Waals surface area contributed by atoms with E-state index in [1.54, 1.807) is 13.0 Å². The first kappa shape index (κ1) is 8.59. The van der Waals surface area contributed by atoms with E-state index >= 15 is 0 Å². The second-order valence-corrected chi connectivity index (χ2v) is 2.26. The van der Waals surface area contributed by atoms with Gasteiger partial charge < -0.3 is 0 Å². The largest absolute Gasteiger partial charge is 0.289 e. The van der Waals surface area contributed by atoms with E-state index in [1.165, 1.54) is 12.3 Å². The van der Waals surface area contributed by atoms with Gasteiger partial charge in [-0.05, 0) is 19.1 Å². The van der Waals surface area contributed by atoms with Crippen LogP contribution in [-0.2, 0) is 0 Å². The first-order valence-electron chi connectivity index (χ1n) is 3.51. The van der Waals surface area contributed by atoms with Crippen LogP contribution in [0.15, 0.2) is 30.6 Å². The fourth-order valence-corrected chi connectivity index (χ4v) is 0.794. The number of allylic oxidation sites excluding steroid dienone is 2. The molecule has 0 bridgehead atoms. The molecular formula is C9H8FNO. The van der Waals surface area contributed by atoms with Gasteiger partial charge in [-0.2, -0.15) is 0 Å². The van der Waals surface area contributed by atoms with Crippen LogP contribution in [0.2, 0.25) is 0 Å². The van der Waals surface area contributed by atoms with Gasteiger partial charge in [-0.3, -0.25) is 9.78 Å². The van der Waals surface area contributed by atoms with E-state index < -0.39 is 5.82 Å². The van der Waals surface area contributed by atoms with Crippen molar-refractivity contribution in [1.29, 1.82) is 0 Å². The molecule has 0 spiro atoms. The first-order chi connectivity index (χ1) is 5.74. The topological polar surface area (TPSA) is 30.0 Å². The van der Waals surface area contributed by atoms with Crippen LogP contribution in [0, 0.1) is 5.82 Å². The van der Waals surface area contributed by atoms with E-state index in [0.29, 0.717) is 0 Å². The summed E-state index contributed by atoms with van der Waals surface area (Å²) in [6.45, 7) is 1.73. The van der Waals surface area contributed by atoms with E-state index in [-0.39, 0.29) is 11.3 Å².